The molecule has 0 atom stereocenters. The lowest BCUT2D eigenvalue weighted by Gasteiger charge is -2.21. The van der Waals surface area contributed by atoms with Gasteiger partial charge >= 0.3 is 0 Å². The number of thiol groups is 2. The molecule has 0 saturated heterocycles. The highest BCUT2D eigenvalue weighted by atomic mass is 32.1. The maximum Gasteiger partial charge on any atom is 0.0459 e. The lowest BCUT2D eigenvalue weighted by Crippen LogP contribution is -2.10. The minimum Gasteiger partial charge on any atom is -0.401 e. The Balaban J connectivity index is 2.53. The first-order chi connectivity index (χ1) is 8.09. The van der Waals surface area contributed by atoms with Crippen LogP contribution in [0.3, 0.4) is 0 Å². The highest BCUT2D eigenvalue weighted by molar-refractivity contribution is 7.90. The van der Waals surface area contributed by atoms with Crippen molar-refractivity contribution in [1.82, 2.24) is 0 Å². The molecule has 2 aromatic carbocycles. The molecular weight excluding hydrogens is 248 g/mol. The minimum absolute atomic E-state index is 0.698. The van der Waals surface area contributed by atoms with Gasteiger partial charge in [0.25, 0.3) is 0 Å². The summed E-state index contributed by atoms with van der Waals surface area (Å²) in [5.74, 6) is 0. The molecule has 0 heterocycles. The lowest BCUT2D eigenvalue weighted by atomic mass is 9.91. The summed E-state index contributed by atoms with van der Waals surface area (Å²) in [5.41, 5.74) is 15.7. The molecule has 0 aliphatic heterocycles. The fourth-order valence-electron chi connectivity index (χ4n) is 2.38. The zero-order chi connectivity index (χ0) is 12.2. The summed E-state index contributed by atoms with van der Waals surface area (Å²) in [6.07, 6.45) is 0.699. The molecule has 0 spiro atoms. The molecule has 86 valence electrons. The van der Waals surface area contributed by atoms with Crippen LogP contribution in [0.1, 0.15) is 11.1 Å². The Hall–Kier alpha value is -1.26. The van der Waals surface area contributed by atoms with E-state index in [0.717, 1.165) is 32.0 Å². The van der Waals surface area contributed by atoms with Gasteiger partial charge < -0.3 is 11.5 Å². The van der Waals surface area contributed by atoms with Crippen molar-refractivity contribution >= 4 is 46.6 Å². The molecule has 2 nitrogen and oxygen atoms in total. The van der Waals surface area contributed by atoms with E-state index in [9.17, 15) is 0 Å². The number of hydrogen-bond donors (Lipinski definition) is 4. The second-order valence-electron chi connectivity index (χ2n) is 4.25. The second kappa shape index (κ2) is 3.62. The van der Waals surface area contributed by atoms with Gasteiger partial charge in [0.05, 0.1) is 0 Å². The first kappa shape index (κ1) is 10.9. The number of benzene rings is 2. The van der Waals surface area contributed by atoms with Crippen LogP contribution in [0, 0.1) is 0 Å². The molecule has 0 bridgehead atoms. The van der Waals surface area contributed by atoms with Crippen LogP contribution >= 0.6 is 25.3 Å². The summed E-state index contributed by atoms with van der Waals surface area (Å²) in [4.78, 5) is 1.69. The number of nitrogen functional groups attached to an aromatic ring is 1. The van der Waals surface area contributed by atoms with Crippen LogP contribution in [-0.4, -0.2) is 0 Å². The highest BCUT2D eigenvalue weighted by Gasteiger charge is 2.19. The molecule has 4 heteroatoms. The fraction of sp³-hybridized carbons (Fsp3) is 0.0769. The molecule has 0 radical (unpaired) electrons. The average molecular weight is 260 g/mol. The third-order valence-corrected chi connectivity index (χ3v) is 4.21. The fourth-order valence-corrected chi connectivity index (χ4v) is 2.89. The van der Waals surface area contributed by atoms with Crippen molar-refractivity contribution in [3.63, 3.8) is 0 Å². The molecule has 2 aromatic rings. The number of anilines is 1. The molecular formula is C13H12N2S2. The van der Waals surface area contributed by atoms with E-state index in [1.54, 1.807) is 0 Å². The topological polar surface area (TPSA) is 52.0 Å². The van der Waals surface area contributed by atoms with E-state index >= 15 is 0 Å². The van der Waals surface area contributed by atoms with Gasteiger partial charge in [-0.2, -0.15) is 0 Å². The third kappa shape index (κ3) is 1.44. The summed E-state index contributed by atoms with van der Waals surface area (Å²) in [6.45, 7) is 0. The maximum atomic E-state index is 6.00. The first-order valence-corrected chi connectivity index (χ1v) is 6.20. The largest absolute Gasteiger partial charge is 0.401 e. The predicted molar refractivity (Wildman–Crippen MR) is 79.4 cm³/mol. The van der Waals surface area contributed by atoms with Crippen LogP contribution in [0.5, 0.6) is 0 Å². The SMILES string of the molecule is NC1=C(S)c2cccc3c(S)c(N)cc(c23)C1. The molecule has 17 heavy (non-hydrogen) atoms. The second-order valence-corrected chi connectivity index (χ2v) is 5.15. The summed E-state index contributed by atoms with van der Waals surface area (Å²) < 4.78 is 0. The van der Waals surface area contributed by atoms with E-state index in [2.05, 4.69) is 25.3 Å². The van der Waals surface area contributed by atoms with Crippen molar-refractivity contribution in [3.8, 4) is 0 Å². The van der Waals surface area contributed by atoms with Crippen LogP contribution in [0.2, 0.25) is 0 Å². The number of nitrogens with two attached hydrogens (primary N) is 2. The Kier molecular flexibility index (Phi) is 2.31. The van der Waals surface area contributed by atoms with Crippen molar-refractivity contribution in [1.29, 1.82) is 0 Å². The Bertz CT molecular complexity index is 675. The van der Waals surface area contributed by atoms with E-state index in [-0.39, 0.29) is 0 Å². The van der Waals surface area contributed by atoms with E-state index in [1.165, 1.54) is 5.39 Å². The Morgan fingerprint density at radius 3 is 2.65 bits per heavy atom. The van der Waals surface area contributed by atoms with Gasteiger partial charge in [-0.15, -0.1) is 25.3 Å². The van der Waals surface area contributed by atoms with Gasteiger partial charge in [0.2, 0.25) is 0 Å². The zero-order valence-corrected chi connectivity index (χ0v) is 10.9. The molecule has 0 amide bonds. The van der Waals surface area contributed by atoms with Crippen molar-refractivity contribution in [3.05, 3.63) is 41.1 Å². The van der Waals surface area contributed by atoms with Crippen LogP contribution in [0.4, 0.5) is 5.69 Å². The van der Waals surface area contributed by atoms with Gasteiger partial charge in [0, 0.05) is 27.6 Å². The molecule has 1 aliphatic carbocycles. The minimum atomic E-state index is 0.698. The van der Waals surface area contributed by atoms with Crippen LogP contribution in [-0.2, 0) is 6.42 Å². The molecule has 3 rings (SSSR count). The molecule has 0 unspecified atom stereocenters. The van der Waals surface area contributed by atoms with Crippen molar-refractivity contribution in [2.45, 2.75) is 11.3 Å². The van der Waals surface area contributed by atoms with Crippen molar-refractivity contribution in [2.75, 3.05) is 5.73 Å². The number of rotatable bonds is 0. The predicted octanol–water partition coefficient (Wildman–Crippen LogP) is 2.82. The van der Waals surface area contributed by atoms with E-state index in [4.69, 9.17) is 11.5 Å². The highest BCUT2D eigenvalue weighted by Crippen LogP contribution is 2.40. The van der Waals surface area contributed by atoms with Gasteiger partial charge in [-0.1, -0.05) is 18.2 Å². The lowest BCUT2D eigenvalue weighted by molar-refractivity contribution is 1.12. The van der Waals surface area contributed by atoms with Gasteiger partial charge in [0.1, 0.15) is 0 Å². The summed E-state index contributed by atoms with van der Waals surface area (Å²) >= 11 is 8.97. The summed E-state index contributed by atoms with van der Waals surface area (Å²) in [5, 5.41) is 2.24. The Morgan fingerprint density at radius 2 is 1.88 bits per heavy atom. The van der Waals surface area contributed by atoms with Gasteiger partial charge in [-0.3, -0.25) is 0 Å². The van der Waals surface area contributed by atoms with Gasteiger partial charge in [-0.05, 0) is 28.0 Å². The average Bonchev–Trinajstić information content (AvgIpc) is 2.32. The maximum absolute atomic E-state index is 6.00. The van der Waals surface area contributed by atoms with E-state index < -0.39 is 0 Å². The van der Waals surface area contributed by atoms with Crippen LogP contribution < -0.4 is 11.5 Å². The third-order valence-electron chi connectivity index (χ3n) is 3.18. The van der Waals surface area contributed by atoms with Gasteiger partial charge in [0.15, 0.2) is 0 Å². The molecule has 0 aromatic heterocycles. The number of hydrogen-bond acceptors (Lipinski definition) is 4. The standard InChI is InChI=1S/C13H12N2S2/c14-9-4-6-5-10(15)13(17)8-3-1-2-7(11(6)8)12(9)16/h1-4,16-17H,5,14-15H2. The molecule has 1 aliphatic rings. The smallest absolute Gasteiger partial charge is 0.0459 e. The molecule has 0 fully saturated rings. The molecule has 4 N–H and O–H groups in total. The quantitative estimate of drug-likeness (QED) is 0.435. The van der Waals surface area contributed by atoms with E-state index in [0.29, 0.717) is 12.1 Å². The van der Waals surface area contributed by atoms with Crippen molar-refractivity contribution < 1.29 is 0 Å². The normalized spacial score (nSPS) is 14.5. The first-order valence-electron chi connectivity index (χ1n) is 5.30. The zero-order valence-electron chi connectivity index (χ0n) is 9.07. The Labute approximate surface area is 111 Å². The number of allylic oxidation sites excluding steroid dienone is 1. The Morgan fingerprint density at radius 1 is 1.12 bits per heavy atom. The monoisotopic (exact) mass is 260 g/mol. The van der Waals surface area contributed by atoms with Gasteiger partial charge in [-0.25, -0.2) is 0 Å². The summed E-state index contributed by atoms with van der Waals surface area (Å²) in [7, 11) is 0. The molecule has 0 saturated carbocycles. The van der Waals surface area contributed by atoms with Crippen LogP contribution in [0.15, 0.2) is 34.9 Å². The van der Waals surface area contributed by atoms with Crippen LogP contribution in [0.25, 0.3) is 15.7 Å². The van der Waals surface area contributed by atoms with E-state index in [1.807, 2.05) is 24.3 Å². The van der Waals surface area contributed by atoms with Crippen molar-refractivity contribution in [2.24, 2.45) is 5.73 Å². The summed E-state index contributed by atoms with van der Waals surface area (Å²) in [6, 6.07) is 8.00.